The molecule has 0 aliphatic carbocycles. The van der Waals surface area contributed by atoms with E-state index in [4.69, 9.17) is 11.6 Å². The normalized spacial score (nSPS) is 13.5. The van der Waals surface area contributed by atoms with E-state index in [9.17, 15) is 23.9 Å². The van der Waals surface area contributed by atoms with Crippen LogP contribution < -0.4 is 10.6 Å². The minimum Gasteiger partial charge on any atom is -0.394 e. The SMILES string of the molecule is CC(C)(CO)NC(=O)C(=O)c1cc(C(=O)Nc2ccc(F)c(Cl)c2)c2n1CCCC2. The summed E-state index contributed by atoms with van der Waals surface area (Å²) in [5, 5.41) is 14.4. The standard InChI is InChI=1S/C21H23ClFN3O4/c1-21(2,11-27)25-20(30)18(28)17-10-13(16-5-3-4-8-26(16)17)19(29)24-12-6-7-15(23)14(22)9-12/h6-7,9-10,27H,3-5,8,11H2,1-2H3,(H,24,29)(H,25,30). The van der Waals surface area contributed by atoms with E-state index >= 15 is 0 Å². The van der Waals surface area contributed by atoms with Gasteiger partial charge in [-0.3, -0.25) is 14.4 Å². The monoisotopic (exact) mass is 435 g/mol. The minimum atomic E-state index is -0.952. The van der Waals surface area contributed by atoms with Crippen LogP contribution in [0.5, 0.6) is 0 Å². The lowest BCUT2D eigenvalue weighted by Gasteiger charge is -2.23. The quantitative estimate of drug-likeness (QED) is 0.479. The molecule has 0 atom stereocenters. The smallest absolute Gasteiger partial charge is 0.294 e. The van der Waals surface area contributed by atoms with Crippen LogP contribution in [0.4, 0.5) is 10.1 Å². The predicted octanol–water partition coefficient (Wildman–Crippen LogP) is 2.94. The zero-order valence-electron chi connectivity index (χ0n) is 16.7. The maximum absolute atomic E-state index is 13.4. The Bertz CT molecular complexity index is 1020. The second kappa shape index (κ2) is 8.57. The Kier molecular flexibility index (Phi) is 6.28. The van der Waals surface area contributed by atoms with Gasteiger partial charge in [0.15, 0.2) is 0 Å². The number of aliphatic hydroxyl groups excluding tert-OH is 1. The number of amides is 2. The van der Waals surface area contributed by atoms with E-state index in [0.717, 1.165) is 18.9 Å². The van der Waals surface area contributed by atoms with Crippen molar-refractivity contribution in [1.82, 2.24) is 9.88 Å². The first-order chi connectivity index (χ1) is 14.1. The van der Waals surface area contributed by atoms with Crippen LogP contribution in [-0.2, 0) is 17.8 Å². The number of halogens is 2. The van der Waals surface area contributed by atoms with Gasteiger partial charge in [0.1, 0.15) is 5.82 Å². The zero-order chi connectivity index (χ0) is 22.1. The summed E-state index contributed by atoms with van der Waals surface area (Å²) in [5.74, 6) is -2.69. The molecule has 0 saturated carbocycles. The molecule has 2 amide bonds. The molecule has 1 aromatic carbocycles. The van der Waals surface area contributed by atoms with Gasteiger partial charge >= 0.3 is 0 Å². The molecule has 7 nitrogen and oxygen atoms in total. The van der Waals surface area contributed by atoms with Crippen LogP contribution in [0.3, 0.4) is 0 Å². The molecule has 0 unspecified atom stereocenters. The van der Waals surface area contributed by atoms with Gasteiger partial charge < -0.3 is 20.3 Å². The number of carbonyl (C=O) groups excluding carboxylic acids is 3. The number of rotatable bonds is 6. The number of nitrogens with one attached hydrogen (secondary N) is 2. The Labute approximate surface area is 178 Å². The van der Waals surface area contributed by atoms with Gasteiger partial charge in [0, 0.05) is 17.9 Å². The molecule has 3 rings (SSSR count). The number of anilines is 1. The molecule has 1 aliphatic heterocycles. The number of Topliss-reactive ketones (excluding diaryl/α,β-unsaturated/α-hetero) is 1. The van der Waals surface area contributed by atoms with Crippen molar-refractivity contribution in [3.8, 4) is 0 Å². The van der Waals surface area contributed by atoms with Crippen LogP contribution in [0, 0.1) is 5.82 Å². The number of hydrogen-bond acceptors (Lipinski definition) is 4. The molecule has 0 radical (unpaired) electrons. The lowest BCUT2D eigenvalue weighted by atomic mass is 10.1. The third kappa shape index (κ3) is 4.55. The molecular weight excluding hydrogens is 413 g/mol. The third-order valence-electron chi connectivity index (χ3n) is 4.96. The van der Waals surface area contributed by atoms with Crippen molar-refractivity contribution < 1.29 is 23.9 Å². The fraction of sp³-hybridized carbons (Fsp3) is 0.381. The summed E-state index contributed by atoms with van der Waals surface area (Å²) in [4.78, 5) is 38.0. The number of ketones is 1. The van der Waals surface area contributed by atoms with Gasteiger partial charge in [0.25, 0.3) is 17.6 Å². The van der Waals surface area contributed by atoms with Crippen LogP contribution in [0.15, 0.2) is 24.3 Å². The lowest BCUT2D eigenvalue weighted by Crippen LogP contribution is -2.49. The molecular formula is C21H23ClFN3O4. The highest BCUT2D eigenvalue weighted by Gasteiger charge is 2.31. The average molecular weight is 436 g/mol. The summed E-state index contributed by atoms with van der Waals surface area (Å²) in [6.07, 6.45) is 2.26. The number of aliphatic hydroxyl groups is 1. The molecule has 30 heavy (non-hydrogen) atoms. The maximum atomic E-state index is 13.4. The van der Waals surface area contributed by atoms with E-state index in [1.165, 1.54) is 18.2 Å². The van der Waals surface area contributed by atoms with Crippen LogP contribution in [0.1, 0.15) is 53.2 Å². The molecule has 1 aromatic heterocycles. The van der Waals surface area contributed by atoms with Gasteiger partial charge in [-0.05, 0) is 57.4 Å². The Morgan fingerprint density at radius 2 is 1.97 bits per heavy atom. The molecule has 0 bridgehead atoms. The van der Waals surface area contributed by atoms with Gasteiger partial charge in [-0.25, -0.2) is 4.39 Å². The highest BCUT2D eigenvalue weighted by atomic mass is 35.5. The molecule has 160 valence electrons. The van der Waals surface area contributed by atoms with Crippen molar-refractivity contribution in [1.29, 1.82) is 0 Å². The Morgan fingerprint density at radius 1 is 1.23 bits per heavy atom. The van der Waals surface area contributed by atoms with E-state index in [-0.39, 0.29) is 22.9 Å². The van der Waals surface area contributed by atoms with Crippen molar-refractivity contribution in [3.63, 3.8) is 0 Å². The average Bonchev–Trinajstić information content (AvgIpc) is 3.09. The van der Waals surface area contributed by atoms with Crippen molar-refractivity contribution in [2.75, 3.05) is 11.9 Å². The molecule has 0 fully saturated rings. The first kappa shape index (κ1) is 22.0. The second-order valence-electron chi connectivity index (χ2n) is 7.91. The number of nitrogens with zero attached hydrogens (tertiary/aromatic N) is 1. The van der Waals surface area contributed by atoms with E-state index in [1.54, 1.807) is 18.4 Å². The van der Waals surface area contributed by atoms with Crippen LogP contribution in [-0.4, -0.2) is 39.4 Å². The molecule has 0 spiro atoms. The topological polar surface area (TPSA) is 100 Å². The first-order valence-corrected chi connectivity index (χ1v) is 9.97. The largest absolute Gasteiger partial charge is 0.394 e. The van der Waals surface area contributed by atoms with E-state index in [0.29, 0.717) is 24.3 Å². The zero-order valence-corrected chi connectivity index (χ0v) is 17.5. The minimum absolute atomic E-state index is 0.120. The number of aromatic nitrogens is 1. The predicted molar refractivity (Wildman–Crippen MR) is 110 cm³/mol. The maximum Gasteiger partial charge on any atom is 0.294 e. The Morgan fingerprint density at radius 3 is 2.63 bits per heavy atom. The van der Waals surface area contributed by atoms with Crippen molar-refractivity contribution in [2.45, 2.75) is 45.2 Å². The Hall–Kier alpha value is -2.71. The van der Waals surface area contributed by atoms with Gasteiger partial charge in [-0.1, -0.05) is 11.6 Å². The summed E-state index contributed by atoms with van der Waals surface area (Å²) < 4.78 is 15.1. The number of benzene rings is 1. The van der Waals surface area contributed by atoms with Gasteiger partial charge in [0.2, 0.25) is 0 Å². The van der Waals surface area contributed by atoms with Crippen molar-refractivity contribution >= 4 is 34.9 Å². The summed E-state index contributed by atoms with van der Waals surface area (Å²) in [6.45, 7) is 3.38. The number of fused-ring (bicyclic) bond motifs is 1. The molecule has 9 heteroatoms. The van der Waals surface area contributed by atoms with Gasteiger partial charge in [-0.2, -0.15) is 0 Å². The van der Waals surface area contributed by atoms with Crippen molar-refractivity contribution in [2.24, 2.45) is 0 Å². The van der Waals surface area contributed by atoms with E-state index in [2.05, 4.69) is 10.6 Å². The van der Waals surface area contributed by atoms with E-state index < -0.39 is 29.0 Å². The highest BCUT2D eigenvalue weighted by molar-refractivity contribution is 6.42. The Balaban J connectivity index is 1.90. The second-order valence-corrected chi connectivity index (χ2v) is 8.31. The highest BCUT2D eigenvalue weighted by Crippen LogP contribution is 2.26. The molecule has 2 heterocycles. The summed E-state index contributed by atoms with van der Waals surface area (Å²) >= 11 is 5.77. The third-order valence-corrected chi connectivity index (χ3v) is 5.25. The fourth-order valence-corrected chi connectivity index (χ4v) is 3.53. The number of hydrogen-bond donors (Lipinski definition) is 3. The molecule has 0 saturated heterocycles. The molecule has 2 aromatic rings. The summed E-state index contributed by atoms with van der Waals surface area (Å²) in [6, 6.07) is 5.25. The molecule has 1 aliphatic rings. The fourth-order valence-electron chi connectivity index (χ4n) is 3.35. The summed E-state index contributed by atoms with van der Waals surface area (Å²) in [5.41, 5.74) is 0.444. The van der Waals surface area contributed by atoms with E-state index in [1.807, 2.05) is 0 Å². The number of carbonyl (C=O) groups is 3. The van der Waals surface area contributed by atoms with Gasteiger partial charge in [-0.15, -0.1) is 0 Å². The van der Waals surface area contributed by atoms with Crippen LogP contribution in [0.2, 0.25) is 5.02 Å². The van der Waals surface area contributed by atoms with Gasteiger partial charge in [0.05, 0.1) is 28.4 Å². The summed E-state index contributed by atoms with van der Waals surface area (Å²) in [7, 11) is 0. The van der Waals surface area contributed by atoms with Crippen molar-refractivity contribution in [3.05, 3.63) is 52.1 Å². The molecule has 3 N–H and O–H groups in total. The lowest BCUT2D eigenvalue weighted by molar-refractivity contribution is -0.119. The first-order valence-electron chi connectivity index (χ1n) is 9.59. The van der Waals surface area contributed by atoms with Crippen LogP contribution >= 0.6 is 11.6 Å². The van der Waals surface area contributed by atoms with Crippen LogP contribution in [0.25, 0.3) is 0 Å².